The van der Waals surface area contributed by atoms with Crippen molar-refractivity contribution in [1.29, 1.82) is 0 Å². The molecule has 1 unspecified atom stereocenters. The van der Waals surface area contributed by atoms with Gasteiger partial charge in [-0.05, 0) is 44.3 Å². The van der Waals surface area contributed by atoms with E-state index < -0.39 is 0 Å². The van der Waals surface area contributed by atoms with Crippen LogP contribution < -0.4 is 10.1 Å². The van der Waals surface area contributed by atoms with Crippen LogP contribution >= 0.6 is 11.6 Å². The third-order valence-electron chi connectivity index (χ3n) is 3.99. The Balaban J connectivity index is 1.75. The van der Waals surface area contributed by atoms with E-state index >= 15 is 0 Å². The monoisotopic (exact) mass is 378 g/mol. The molecule has 140 valence electrons. The Bertz CT molecular complexity index is 724. The summed E-state index contributed by atoms with van der Waals surface area (Å²) in [5.74, 6) is 0.0816. The molecule has 0 aliphatic heterocycles. The zero-order chi connectivity index (χ0) is 18.9. The summed E-state index contributed by atoms with van der Waals surface area (Å²) in [6.07, 6.45) is 0.902. The molecule has 0 aliphatic rings. The third kappa shape index (κ3) is 6.32. The number of benzene rings is 2. The molecule has 0 fully saturated rings. The van der Waals surface area contributed by atoms with Gasteiger partial charge in [0.2, 0.25) is 5.91 Å². The fourth-order valence-electron chi connectivity index (χ4n) is 2.59. The van der Waals surface area contributed by atoms with Crippen LogP contribution in [0.5, 0.6) is 5.75 Å². The van der Waals surface area contributed by atoms with Crippen molar-refractivity contribution < 1.29 is 13.9 Å². The fourth-order valence-corrected chi connectivity index (χ4v) is 2.86. The number of rotatable bonds is 9. The van der Waals surface area contributed by atoms with Crippen molar-refractivity contribution in [3.63, 3.8) is 0 Å². The molecule has 0 radical (unpaired) electrons. The van der Waals surface area contributed by atoms with Gasteiger partial charge in [-0.15, -0.1) is 0 Å². The maximum Gasteiger partial charge on any atom is 0.220 e. The van der Waals surface area contributed by atoms with Gasteiger partial charge in [-0.3, -0.25) is 4.79 Å². The molecule has 1 N–H and O–H groups in total. The van der Waals surface area contributed by atoms with Crippen LogP contribution in [-0.2, 0) is 4.79 Å². The minimum atomic E-state index is -0.338. The lowest BCUT2D eigenvalue weighted by molar-refractivity contribution is -0.121. The summed E-state index contributed by atoms with van der Waals surface area (Å²) in [6.45, 7) is 0.832. The molecule has 0 aliphatic carbocycles. The normalized spacial score (nSPS) is 12.0. The summed E-state index contributed by atoms with van der Waals surface area (Å²) in [5, 5.41) is 3.63. The van der Waals surface area contributed by atoms with Crippen molar-refractivity contribution in [1.82, 2.24) is 10.2 Å². The number of hydrogen-bond acceptors (Lipinski definition) is 3. The van der Waals surface area contributed by atoms with E-state index in [1.807, 2.05) is 43.3 Å². The quantitative estimate of drug-likeness (QED) is 0.669. The molecule has 0 aromatic heterocycles. The van der Waals surface area contributed by atoms with E-state index in [0.717, 1.165) is 5.56 Å². The molecule has 0 heterocycles. The van der Waals surface area contributed by atoms with E-state index in [9.17, 15) is 9.18 Å². The number of ether oxygens (including phenoxy) is 1. The smallest absolute Gasteiger partial charge is 0.220 e. The molecule has 4 nitrogen and oxygen atoms in total. The Morgan fingerprint density at radius 3 is 2.69 bits per heavy atom. The van der Waals surface area contributed by atoms with Crippen molar-refractivity contribution in [2.75, 3.05) is 27.2 Å². The van der Waals surface area contributed by atoms with Gasteiger partial charge in [0.05, 0.1) is 12.6 Å². The van der Waals surface area contributed by atoms with Gasteiger partial charge < -0.3 is 15.0 Å². The van der Waals surface area contributed by atoms with E-state index in [2.05, 4.69) is 5.32 Å². The van der Waals surface area contributed by atoms with Crippen LogP contribution in [0, 0.1) is 5.82 Å². The maximum absolute atomic E-state index is 13.1. The zero-order valence-corrected chi connectivity index (χ0v) is 15.8. The van der Waals surface area contributed by atoms with Crippen LogP contribution in [0.4, 0.5) is 4.39 Å². The number of carbonyl (C=O) groups excluding carboxylic acids is 1. The molecule has 2 aromatic carbocycles. The van der Waals surface area contributed by atoms with Crippen LogP contribution in [0.2, 0.25) is 5.02 Å². The highest BCUT2D eigenvalue weighted by Crippen LogP contribution is 2.25. The van der Waals surface area contributed by atoms with Crippen LogP contribution in [0.3, 0.4) is 0 Å². The van der Waals surface area contributed by atoms with E-state index in [4.69, 9.17) is 16.3 Å². The van der Waals surface area contributed by atoms with Crippen molar-refractivity contribution in [2.24, 2.45) is 0 Å². The first-order valence-corrected chi connectivity index (χ1v) is 8.91. The van der Waals surface area contributed by atoms with Crippen LogP contribution in [0.15, 0.2) is 48.5 Å². The highest BCUT2D eigenvalue weighted by atomic mass is 35.5. The molecule has 1 amide bonds. The van der Waals surface area contributed by atoms with E-state index in [1.54, 1.807) is 12.1 Å². The summed E-state index contributed by atoms with van der Waals surface area (Å²) in [5.41, 5.74) is 0.980. The molecule has 26 heavy (non-hydrogen) atoms. The average molecular weight is 379 g/mol. The molecule has 0 bridgehead atoms. The molecule has 0 saturated carbocycles. The van der Waals surface area contributed by atoms with Gasteiger partial charge in [0.1, 0.15) is 11.6 Å². The Morgan fingerprint density at radius 1 is 1.23 bits per heavy atom. The summed E-state index contributed by atoms with van der Waals surface area (Å²) in [6, 6.07) is 13.6. The molecule has 2 rings (SSSR count). The lowest BCUT2D eigenvalue weighted by Crippen LogP contribution is -2.34. The first-order chi connectivity index (χ1) is 12.5. The van der Waals surface area contributed by atoms with Crippen LogP contribution in [0.25, 0.3) is 0 Å². The SMILES string of the molecule is CN(C)C(CNC(=O)CCCOc1cccc(F)c1)c1ccccc1Cl. The zero-order valence-electron chi connectivity index (χ0n) is 15.0. The minimum absolute atomic E-state index is 0.00352. The molecule has 0 saturated heterocycles. The molecule has 1 atom stereocenters. The molecule has 0 spiro atoms. The number of nitrogens with one attached hydrogen (secondary N) is 1. The lowest BCUT2D eigenvalue weighted by atomic mass is 10.1. The van der Waals surface area contributed by atoms with Gasteiger partial charge in [-0.1, -0.05) is 35.9 Å². The predicted octanol–water partition coefficient (Wildman–Crippen LogP) is 4.06. The summed E-state index contributed by atoms with van der Waals surface area (Å²) in [4.78, 5) is 14.1. The minimum Gasteiger partial charge on any atom is -0.493 e. The van der Waals surface area contributed by atoms with Gasteiger partial charge >= 0.3 is 0 Å². The first-order valence-electron chi connectivity index (χ1n) is 8.53. The van der Waals surface area contributed by atoms with Gasteiger partial charge in [0.15, 0.2) is 0 Å². The molecular weight excluding hydrogens is 355 g/mol. The summed E-state index contributed by atoms with van der Waals surface area (Å²) < 4.78 is 18.5. The first kappa shape index (κ1) is 20.2. The van der Waals surface area contributed by atoms with Crippen LogP contribution in [0.1, 0.15) is 24.4 Å². The topological polar surface area (TPSA) is 41.6 Å². The number of halogens is 2. The van der Waals surface area contributed by atoms with Crippen molar-refractivity contribution in [2.45, 2.75) is 18.9 Å². The van der Waals surface area contributed by atoms with E-state index in [-0.39, 0.29) is 17.8 Å². The average Bonchev–Trinajstić information content (AvgIpc) is 2.60. The van der Waals surface area contributed by atoms with Gasteiger partial charge in [0, 0.05) is 24.1 Å². The second-order valence-corrected chi connectivity index (χ2v) is 6.62. The van der Waals surface area contributed by atoms with E-state index in [1.165, 1.54) is 12.1 Å². The Hall–Kier alpha value is -2.11. The van der Waals surface area contributed by atoms with Crippen LogP contribution in [-0.4, -0.2) is 38.1 Å². The number of carbonyl (C=O) groups is 1. The van der Waals surface area contributed by atoms with E-state index in [0.29, 0.717) is 36.8 Å². The number of likely N-dealkylation sites (N-methyl/N-ethyl adjacent to an activating group) is 1. The third-order valence-corrected chi connectivity index (χ3v) is 4.34. The Labute approximate surface area is 158 Å². The maximum atomic E-state index is 13.1. The highest BCUT2D eigenvalue weighted by molar-refractivity contribution is 6.31. The van der Waals surface area contributed by atoms with Gasteiger partial charge in [0.25, 0.3) is 0 Å². The van der Waals surface area contributed by atoms with Gasteiger partial charge in [-0.2, -0.15) is 0 Å². The summed E-state index contributed by atoms with van der Waals surface area (Å²) >= 11 is 6.27. The Kier molecular flexibility index (Phi) is 7.88. The largest absolute Gasteiger partial charge is 0.493 e. The van der Waals surface area contributed by atoms with Crippen molar-refractivity contribution in [3.8, 4) is 5.75 Å². The van der Waals surface area contributed by atoms with Crippen molar-refractivity contribution in [3.05, 3.63) is 64.9 Å². The van der Waals surface area contributed by atoms with Crippen molar-refractivity contribution >= 4 is 17.5 Å². The predicted molar refractivity (Wildman–Crippen MR) is 102 cm³/mol. The molecular formula is C20H24ClFN2O2. The Morgan fingerprint density at radius 2 is 2.00 bits per heavy atom. The standard InChI is InChI=1S/C20H24ClFN2O2/c1-24(2)19(17-9-3-4-10-18(17)21)14-23-20(25)11-6-12-26-16-8-5-7-15(22)13-16/h3-5,7-10,13,19H,6,11-12,14H2,1-2H3,(H,23,25). The molecule has 2 aromatic rings. The number of amides is 1. The fraction of sp³-hybridized carbons (Fsp3) is 0.350. The second kappa shape index (κ2) is 10.1. The summed E-state index contributed by atoms with van der Waals surface area (Å²) in [7, 11) is 3.90. The second-order valence-electron chi connectivity index (χ2n) is 6.21. The van der Waals surface area contributed by atoms with Gasteiger partial charge in [-0.25, -0.2) is 4.39 Å². The lowest BCUT2D eigenvalue weighted by Gasteiger charge is -2.26. The number of hydrogen-bond donors (Lipinski definition) is 1. The number of nitrogens with zero attached hydrogens (tertiary/aromatic N) is 1. The molecule has 6 heteroatoms. The highest BCUT2D eigenvalue weighted by Gasteiger charge is 2.17.